The number of nitrogens with zero attached hydrogens (tertiary/aromatic N) is 5. The van der Waals surface area contributed by atoms with Gasteiger partial charge in [0.25, 0.3) is 0 Å². The number of fused-ring (bicyclic) bond motifs is 10. The zero-order valence-corrected chi connectivity index (χ0v) is 31.4. The average Bonchev–Trinajstić information content (AvgIpc) is 3.95. The number of hydrogen-bond donors (Lipinski definition) is 0. The maximum atomic E-state index is 5.21. The fraction of sp³-hybridized carbons (Fsp3) is 0. The summed E-state index contributed by atoms with van der Waals surface area (Å²) in [5.41, 5.74) is 9.88. The molecule has 4 heterocycles. The molecule has 0 aliphatic heterocycles. The number of thiophene rings is 1. The van der Waals surface area contributed by atoms with E-state index in [1.54, 1.807) is 0 Å². The minimum absolute atomic E-state index is 0.649. The molecule has 0 fully saturated rings. The number of para-hydroxylation sites is 3. The summed E-state index contributed by atoms with van der Waals surface area (Å²) in [5.74, 6) is 1.95. The molecule has 0 aliphatic rings. The van der Waals surface area contributed by atoms with Crippen molar-refractivity contribution in [3.63, 3.8) is 0 Å². The molecule has 0 saturated carbocycles. The van der Waals surface area contributed by atoms with Crippen LogP contribution in [0, 0.1) is 0 Å². The second-order valence-corrected chi connectivity index (χ2v) is 15.4. The van der Waals surface area contributed by atoms with Gasteiger partial charge in [-0.2, -0.15) is 0 Å². The topological polar surface area (TPSA) is 48.5 Å². The monoisotopic (exact) mass is 745 g/mol. The standard InChI is InChI=1S/C51H31N5S/c1-4-16-32(17-5-1)49-52-50(33-18-6-2-7-19-33)54-51(53-49)39-29-31-43(48-45(39)38-24-12-15-27-44(38)57-48)56-40-25-13-10-22-35(40)36-28-30-42-46(47(36)56)37-23-11-14-26-41(37)55(42)34-20-8-3-9-21-34/h1-31H. The van der Waals surface area contributed by atoms with Gasteiger partial charge in [-0.3, -0.25) is 0 Å². The molecule has 0 N–H and O–H groups in total. The number of benzene rings is 8. The summed E-state index contributed by atoms with van der Waals surface area (Å²) in [7, 11) is 0. The summed E-state index contributed by atoms with van der Waals surface area (Å²) >= 11 is 1.83. The van der Waals surface area contributed by atoms with E-state index in [9.17, 15) is 0 Å². The van der Waals surface area contributed by atoms with Crippen molar-refractivity contribution in [1.82, 2.24) is 24.1 Å². The van der Waals surface area contributed by atoms with Crippen LogP contribution in [0.1, 0.15) is 0 Å². The van der Waals surface area contributed by atoms with Crippen LogP contribution < -0.4 is 0 Å². The SMILES string of the molecule is c1ccc(-c2nc(-c3ccccc3)nc(-c3ccc(-n4c5ccccc5c5ccc6c(c7ccccc7n6-c6ccccc6)c54)c4sc5ccccc5c34)n2)cc1. The van der Waals surface area contributed by atoms with E-state index in [0.29, 0.717) is 17.5 Å². The number of hydrogen-bond acceptors (Lipinski definition) is 4. The summed E-state index contributed by atoms with van der Waals surface area (Å²) in [4.78, 5) is 15.4. The van der Waals surface area contributed by atoms with E-state index in [0.717, 1.165) is 33.5 Å². The van der Waals surface area contributed by atoms with Gasteiger partial charge in [-0.05, 0) is 48.5 Å². The van der Waals surface area contributed by atoms with Crippen molar-refractivity contribution < 1.29 is 0 Å². The predicted octanol–water partition coefficient (Wildman–Crippen LogP) is 13.4. The molecule has 0 amide bonds. The van der Waals surface area contributed by atoms with Gasteiger partial charge in [0.2, 0.25) is 0 Å². The molecule has 0 atom stereocenters. The quantitative estimate of drug-likeness (QED) is 0.176. The summed E-state index contributed by atoms with van der Waals surface area (Å²) in [6.07, 6.45) is 0. The summed E-state index contributed by atoms with van der Waals surface area (Å²) in [6, 6.07) is 66.5. The molecule has 57 heavy (non-hydrogen) atoms. The Morgan fingerprint density at radius 1 is 0.368 bits per heavy atom. The van der Waals surface area contributed by atoms with Gasteiger partial charge in [-0.1, -0.05) is 140 Å². The lowest BCUT2D eigenvalue weighted by Crippen LogP contribution is -2.01. The lowest BCUT2D eigenvalue weighted by molar-refractivity contribution is 1.08. The Hall–Kier alpha value is -7.41. The van der Waals surface area contributed by atoms with Gasteiger partial charge in [-0.25, -0.2) is 15.0 Å². The molecule has 6 heteroatoms. The van der Waals surface area contributed by atoms with Crippen molar-refractivity contribution >= 4 is 75.1 Å². The third-order valence-electron chi connectivity index (χ3n) is 11.2. The van der Waals surface area contributed by atoms with Crippen LogP contribution in [0.4, 0.5) is 0 Å². The average molecular weight is 746 g/mol. The van der Waals surface area contributed by atoms with E-state index < -0.39 is 0 Å². The summed E-state index contributed by atoms with van der Waals surface area (Å²) in [6.45, 7) is 0. The molecule has 5 nitrogen and oxygen atoms in total. The van der Waals surface area contributed by atoms with Crippen LogP contribution >= 0.6 is 11.3 Å². The molecule has 12 rings (SSSR count). The first-order chi connectivity index (χ1) is 28.3. The molecule has 8 aromatic carbocycles. The van der Waals surface area contributed by atoms with Crippen LogP contribution in [0.5, 0.6) is 0 Å². The van der Waals surface area contributed by atoms with Gasteiger partial charge < -0.3 is 9.13 Å². The van der Waals surface area contributed by atoms with E-state index in [4.69, 9.17) is 15.0 Å². The van der Waals surface area contributed by atoms with Crippen LogP contribution in [-0.4, -0.2) is 24.1 Å². The van der Waals surface area contributed by atoms with Crippen molar-refractivity contribution in [2.75, 3.05) is 0 Å². The fourth-order valence-electron chi connectivity index (χ4n) is 8.72. The van der Waals surface area contributed by atoms with Gasteiger partial charge in [0.05, 0.1) is 32.5 Å². The van der Waals surface area contributed by atoms with Crippen molar-refractivity contribution in [3.05, 3.63) is 188 Å². The van der Waals surface area contributed by atoms with Crippen molar-refractivity contribution in [3.8, 4) is 45.5 Å². The molecule has 0 aliphatic carbocycles. The van der Waals surface area contributed by atoms with Crippen LogP contribution in [0.3, 0.4) is 0 Å². The molecule has 12 aromatic rings. The van der Waals surface area contributed by atoms with Crippen molar-refractivity contribution in [2.24, 2.45) is 0 Å². The Labute approximate surface area is 331 Å². The summed E-state index contributed by atoms with van der Waals surface area (Å²) < 4.78 is 7.31. The third kappa shape index (κ3) is 4.84. The molecule has 0 radical (unpaired) electrons. The molecule has 0 bridgehead atoms. The highest BCUT2D eigenvalue weighted by Crippen LogP contribution is 2.47. The van der Waals surface area contributed by atoms with Gasteiger partial charge in [0.1, 0.15) is 0 Å². The van der Waals surface area contributed by atoms with Gasteiger partial charge in [-0.15, -0.1) is 11.3 Å². The molecule has 266 valence electrons. The molecule has 0 unspecified atom stereocenters. The highest BCUT2D eigenvalue weighted by atomic mass is 32.1. The molecular weight excluding hydrogens is 715 g/mol. The lowest BCUT2D eigenvalue weighted by Gasteiger charge is -2.14. The van der Waals surface area contributed by atoms with E-state index in [1.807, 2.05) is 47.7 Å². The highest BCUT2D eigenvalue weighted by molar-refractivity contribution is 7.26. The largest absolute Gasteiger partial charge is 0.309 e. The summed E-state index contributed by atoms with van der Waals surface area (Å²) in [5, 5.41) is 7.24. The Bertz CT molecular complexity index is 3450. The first-order valence-corrected chi connectivity index (χ1v) is 19.9. The minimum atomic E-state index is 0.649. The Morgan fingerprint density at radius 2 is 0.930 bits per heavy atom. The van der Waals surface area contributed by atoms with Crippen LogP contribution in [0.2, 0.25) is 0 Å². The second kappa shape index (κ2) is 12.6. The molecule has 0 spiro atoms. The first-order valence-electron chi connectivity index (χ1n) is 19.1. The fourth-order valence-corrected chi connectivity index (χ4v) is 9.95. The maximum absolute atomic E-state index is 5.21. The van der Waals surface area contributed by atoms with Crippen molar-refractivity contribution in [1.29, 1.82) is 0 Å². The van der Waals surface area contributed by atoms with Gasteiger partial charge >= 0.3 is 0 Å². The number of aromatic nitrogens is 5. The zero-order chi connectivity index (χ0) is 37.5. The first kappa shape index (κ1) is 31.9. The van der Waals surface area contributed by atoms with E-state index in [-0.39, 0.29) is 0 Å². The maximum Gasteiger partial charge on any atom is 0.164 e. The van der Waals surface area contributed by atoms with Crippen LogP contribution in [-0.2, 0) is 0 Å². The molecule has 4 aromatic heterocycles. The smallest absolute Gasteiger partial charge is 0.164 e. The zero-order valence-electron chi connectivity index (χ0n) is 30.5. The molecule has 0 saturated heterocycles. The van der Waals surface area contributed by atoms with E-state index in [2.05, 4.69) is 161 Å². The van der Waals surface area contributed by atoms with Crippen LogP contribution in [0.25, 0.3) is 109 Å². The predicted molar refractivity (Wildman–Crippen MR) is 238 cm³/mol. The van der Waals surface area contributed by atoms with Crippen LogP contribution in [0.15, 0.2) is 188 Å². The Morgan fingerprint density at radius 3 is 1.63 bits per heavy atom. The molecular formula is C51H31N5S. The highest BCUT2D eigenvalue weighted by Gasteiger charge is 2.24. The third-order valence-corrected chi connectivity index (χ3v) is 12.4. The van der Waals surface area contributed by atoms with Crippen molar-refractivity contribution in [2.45, 2.75) is 0 Å². The number of rotatable bonds is 5. The second-order valence-electron chi connectivity index (χ2n) is 14.4. The Balaban J connectivity index is 1.20. The van der Waals surface area contributed by atoms with E-state index >= 15 is 0 Å². The normalized spacial score (nSPS) is 11.9. The van der Waals surface area contributed by atoms with E-state index in [1.165, 1.54) is 58.4 Å². The van der Waals surface area contributed by atoms with Gasteiger partial charge in [0.15, 0.2) is 17.5 Å². The Kier molecular flexibility index (Phi) is 7.03. The minimum Gasteiger partial charge on any atom is -0.309 e. The van der Waals surface area contributed by atoms with Gasteiger partial charge in [0, 0.05) is 59.4 Å². The lowest BCUT2D eigenvalue weighted by atomic mass is 10.0.